The highest BCUT2D eigenvalue weighted by molar-refractivity contribution is 6.01. The molecule has 24 heavy (non-hydrogen) atoms. The number of hydrogen-bond acceptors (Lipinski definition) is 5. The minimum Gasteiger partial charge on any atom is -0.493 e. The first-order valence-corrected chi connectivity index (χ1v) is 7.36. The van der Waals surface area contributed by atoms with Gasteiger partial charge in [-0.3, -0.25) is 4.79 Å². The van der Waals surface area contributed by atoms with Crippen molar-refractivity contribution in [2.24, 2.45) is 0 Å². The molecule has 0 aliphatic heterocycles. The molecule has 0 saturated carbocycles. The Hall–Kier alpha value is -3.01. The van der Waals surface area contributed by atoms with Gasteiger partial charge in [-0.15, -0.1) is 0 Å². The molecular formula is C17H20N2O5. The number of carbonyl (C=O) groups is 2. The van der Waals surface area contributed by atoms with E-state index in [4.69, 9.17) is 19.8 Å². The van der Waals surface area contributed by atoms with Crippen molar-refractivity contribution in [3.05, 3.63) is 29.3 Å². The van der Waals surface area contributed by atoms with Gasteiger partial charge in [0.05, 0.1) is 7.11 Å². The number of rotatable bonds is 8. The Balaban J connectivity index is 3.01. The van der Waals surface area contributed by atoms with Crippen molar-refractivity contribution in [2.45, 2.75) is 26.3 Å². The Labute approximate surface area is 140 Å². The normalized spacial score (nSPS) is 12.0. The first-order chi connectivity index (χ1) is 11.4. The van der Waals surface area contributed by atoms with E-state index in [-0.39, 0.29) is 17.4 Å². The number of amides is 1. The molecule has 1 atom stereocenters. The molecule has 0 radical (unpaired) electrons. The van der Waals surface area contributed by atoms with Gasteiger partial charge in [0, 0.05) is 6.04 Å². The number of carboxylic acids is 1. The third kappa shape index (κ3) is 5.65. The number of carbonyl (C=O) groups excluding carboxylic acids is 1. The molecule has 2 N–H and O–H groups in total. The summed E-state index contributed by atoms with van der Waals surface area (Å²) in [5, 5.41) is 20.5. The molecule has 1 aromatic rings. The van der Waals surface area contributed by atoms with Gasteiger partial charge < -0.3 is 19.9 Å². The number of methoxy groups -OCH3 is 1. The Morgan fingerprint density at radius 3 is 2.67 bits per heavy atom. The highest BCUT2D eigenvalue weighted by atomic mass is 16.5. The molecule has 1 rings (SSSR count). The summed E-state index contributed by atoms with van der Waals surface area (Å²) in [4.78, 5) is 22.6. The van der Waals surface area contributed by atoms with Crippen molar-refractivity contribution in [1.82, 2.24) is 5.32 Å². The van der Waals surface area contributed by atoms with E-state index in [2.05, 4.69) is 5.32 Å². The summed E-state index contributed by atoms with van der Waals surface area (Å²) < 4.78 is 10.2. The highest BCUT2D eigenvalue weighted by Gasteiger charge is 2.13. The van der Waals surface area contributed by atoms with Crippen molar-refractivity contribution in [3.8, 4) is 17.6 Å². The smallest absolute Gasteiger partial charge is 0.341 e. The van der Waals surface area contributed by atoms with E-state index in [9.17, 15) is 9.59 Å². The molecule has 7 nitrogen and oxygen atoms in total. The van der Waals surface area contributed by atoms with Crippen LogP contribution in [-0.2, 0) is 9.59 Å². The molecule has 0 heterocycles. The zero-order valence-corrected chi connectivity index (χ0v) is 13.8. The van der Waals surface area contributed by atoms with Crippen LogP contribution in [0.2, 0.25) is 0 Å². The standard InChI is InChI=1S/C17H20N2O5/c1-4-11(2)19-17(22)13(9-18)7-12-5-6-14(15(8-12)23-3)24-10-16(20)21/h5-8,11H,4,10H2,1-3H3,(H,19,22)(H,20,21)/b13-7+/t11-/m1/s1. The van der Waals surface area contributed by atoms with Gasteiger partial charge in [-0.1, -0.05) is 13.0 Å². The Morgan fingerprint density at radius 1 is 1.42 bits per heavy atom. The van der Waals surface area contributed by atoms with Crippen LogP contribution in [0.4, 0.5) is 0 Å². The fourth-order valence-electron chi connectivity index (χ4n) is 1.75. The molecule has 7 heteroatoms. The molecular weight excluding hydrogens is 312 g/mol. The van der Waals surface area contributed by atoms with Gasteiger partial charge >= 0.3 is 5.97 Å². The fourth-order valence-corrected chi connectivity index (χ4v) is 1.75. The third-order valence-electron chi connectivity index (χ3n) is 3.20. The monoisotopic (exact) mass is 332 g/mol. The number of ether oxygens (including phenoxy) is 2. The molecule has 0 unspecified atom stereocenters. The van der Waals surface area contributed by atoms with Gasteiger partial charge in [0.15, 0.2) is 18.1 Å². The summed E-state index contributed by atoms with van der Waals surface area (Å²) in [7, 11) is 1.41. The molecule has 0 aliphatic rings. The first-order valence-electron chi connectivity index (χ1n) is 7.36. The van der Waals surface area contributed by atoms with E-state index >= 15 is 0 Å². The number of hydrogen-bond donors (Lipinski definition) is 2. The average Bonchev–Trinajstić information content (AvgIpc) is 2.57. The van der Waals surface area contributed by atoms with Crippen LogP contribution in [-0.4, -0.2) is 36.7 Å². The summed E-state index contributed by atoms with van der Waals surface area (Å²) in [6.07, 6.45) is 2.19. The average molecular weight is 332 g/mol. The summed E-state index contributed by atoms with van der Waals surface area (Å²) in [5.41, 5.74) is 0.530. The summed E-state index contributed by atoms with van der Waals surface area (Å²) >= 11 is 0. The lowest BCUT2D eigenvalue weighted by Gasteiger charge is -2.11. The predicted octanol–water partition coefficient (Wildman–Crippen LogP) is 1.98. The topological polar surface area (TPSA) is 109 Å². The van der Waals surface area contributed by atoms with Crippen LogP contribution < -0.4 is 14.8 Å². The molecule has 0 fully saturated rings. The summed E-state index contributed by atoms with van der Waals surface area (Å²) in [5.74, 6) is -0.976. The molecule has 128 valence electrons. The van der Waals surface area contributed by atoms with Gasteiger partial charge in [-0.25, -0.2) is 4.79 Å². The Kier molecular flexibility index (Phi) is 7.30. The van der Waals surface area contributed by atoms with Crippen LogP contribution in [0.15, 0.2) is 23.8 Å². The SMILES string of the molecule is CC[C@@H](C)NC(=O)/C(C#N)=C/c1ccc(OCC(=O)O)c(OC)c1. The Morgan fingerprint density at radius 2 is 2.12 bits per heavy atom. The lowest BCUT2D eigenvalue weighted by atomic mass is 10.1. The van der Waals surface area contributed by atoms with E-state index in [1.165, 1.54) is 19.3 Å². The molecule has 0 spiro atoms. The first kappa shape index (κ1) is 19.0. The Bertz CT molecular complexity index is 676. The maximum atomic E-state index is 12.0. The second kappa shape index (κ2) is 9.20. The lowest BCUT2D eigenvalue weighted by Crippen LogP contribution is -2.32. The second-order valence-corrected chi connectivity index (χ2v) is 5.05. The lowest BCUT2D eigenvalue weighted by molar-refractivity contribution is -0.139. The van der Waals surface area contributed by atoms with Crippen LogP contribution in [0.3, 0.4) is 0 Å². The molecule has 0 saturated heterocycles. The molecule has 0 aliphatic carbocycles. The summed E-state index contributed by atoms with van der Waals surface area (Å²) in [6.45, 7) is 3.29. The minimum atomic E-state index is -1.10. The van der Waals surface area contributed by atoms with E-state index in [1.54, 1.807) is 12.1 Å². The summed E-state index contributed by atoms with van der Waals surface area (Å²) in [6, 6.07) is 6.53. The highest BCUT2D eigenvalue weighted by Crippen LogP contribution is 2.28. The number of aliphatic carboxylic acids is 1. The van der Waals surface area contributed by atoms with Crippen molar-refractivity contribution >= 4 is 18.0 Å². The van der Waals surface area contributed by atoms with Crippen LogP contribution in [0.1, 0.15) is 25.8 Å². The molecule has 0 bridgehead atoms. The van der Waals surface area contributed by atoms with Crippen LogP contribution in [0.25, 0.3) is 6.08 Å². The van der Waals surface area contributed by atoms with E-state index in [0.717, 1.165) is 6.42 Å². The molecule has 1 aromatic carbocycles. The maximum Gasteiger partial charge on any atom is 0.341 e. The predicted molar refractivity (Wildman–Crippen MR) is 87.6 cm³/mol. The van der Waals surface area contributed by atoms with Gasteiger partial charge in [0.1, 0.15) is 11.6 Å². The van der Waals surface area contributed by atoms with Gasteiger partial charge in [-0.2, -0.15) is 5.26 Å². The maximum absolute atomic E-state index is 12.0. The number of nitrogens with one attached hydrogen (secondary N) is 1. The van der Waals surface area contributed by atoms with Crippen LogP contribution >= 0.6 is 0 Å². The number of carboxylic acid groups (broad SMARTS) is 1. The third-order valence-corrected chi connectivity index (χ3v) is 3.20. The fraction of sp³-hybridized carbons (Fsp3) is 0.353. The van der Waals surface area contributed by atoms with Crippen LogP contribution in [0.5, 0.6) is 11.5 Å². The van der Waals surface area contributed by atoms with Crippen LogP contribution in [0, 0.1) is 11.3 Å². The van der Waals surface area contributed by atoms with E-state index in [1.807, 2.05) is 19.9 Å². The van der Waals surface area contributed by atoms with Gasteiger partial charge in [0.2, 0.25) is 0 Å². The number of nitrogens with zero attached hydrogens (tertiary/aromatic N) is 1. The van der Waals surface area contributed by atoms with Crippen molar-refractivity contribution in [3.63, 3.8) is 0 Å². The quantitative estimate of drug-likeness (QED) is 0.556. The minimum absolute atomic E-state index is 0.0310. The zero-order valence-electron chi connectivity index (χ0n) is 13.8. The molecule has 1 amide bonds. The zero-order chi connectivity index (χ0) is 18.1. The number of nitriles is 1. The van der Waals surface area contributed by atoms with Crippen molar-refractivity contribution < 1.29 is 24.2 Å². The van der Waals surface area contributed by atoms with Crippen molar-refractivity contribution in [2.75, 3.05) is 13.7 Å². The second-order valence-electron chi connectivity index (χ2n) is 5.05. The van der Waals surface area contributed by atoms with E-state index < -0.39 is 18.5 Å². The molecule has 0 aromatic heterocycles. The largest absolute Gasteiger partial charge is 0.493 e. The van der Waals surface area contributed by atoms with E-state index in [0.29, 0.717) is 11.3 Å². The van der Waals surface area contributed by atoms with Crippen molar-refractivity contribution in [1.29, 1.82) is 5.26 Å². The number of benzene rings is 1. The van der Waals surface area contributed by atoms with Gasteiger partial charge in [0.25, 0.3) is 5.91 Å². The van der Waals surface area contributed by atoms with Gasteiger partial charge in [-0.05, 0) is 37.1 Å².